The molecule has 33 heavy (non-hydrogen) atoms. The second-order valence-corrected chi connectivity index (χ2v) is 8.27. The topological polar surface area (TPSA) is 95.3 Å². The van der Waals surface area contributed by atoms with Crippen LogP contribution in [0, 0.1) is 0 Å². The molecule has 1 unspecified atom stereocenters. The summed E-state index contributed by atoms with van der Waals surface area (Å²) in [6, 6.07) is 6.65. The van der Waals surface area contributed by atoms with Crippen molar-refractivity contribution < 1.29 is 24.1 Å². The Bertz CT molecular complexity index is 1450. The van der Waals surface area contributed by atoms with Crippen molar-refractivity contribution >= 4 is 32.6 Å². The van der Waals surface area contributed by atoms with Gasteiger partial charge in [0.05, 0.1) is 43.3 Å². The zero-order valence-electron chi connectivity index (χ0n) is 18.9. The second-order valence-electron chi connectivity index (χ2n) is 8.27. The first kappa shape index (κ1) is 21.3. The summed E-state index contributed by atoms with van der Waals surface area (Å²) in [7, 11) is 6.90. The number of aliphatic hydroxyl groups is 1. The molecule has 0 saturated carbocycles. The molecule has 0 radical (unpaired) electrons. The number of hydrogen-bond acceptors (Lipinski definition) is 8. The Balaban J connectivity index is 1.98. The summed E-state index contributed by atoms with van der Waals surface area (Å²) in [4.78, 5) is 20.5. The number of hydrogen-bond donors (Lipinski definition) is 1. The zero-order chi connectivity index (χ0) is 23.3. The van der Waals surface area contributed by atoms with E-state index in [-0.39, 0.29) is 19.0 Å². The maximum atomic E-state index is 13.9. The average molecular weight is 451 g/mol. The first-order chi connectivity index (χ1) is 16.0. The summed E-state index contributed by atoms with van der Waals surface area (Å²) < 4.78 is 23.7. The van der Waals surface area contributed by atoms with Crippen LogP contribution in [0.1, 0.15) is 6.04 Å². The van der Waals surface area contributed by atoms with Gasteiger partial charge in [-0.15, -0.1) is 0 Å². The molecular weight excluding hydrogens is 426 g/mol. The first-order valence-electron chi connectivity index (χ1n) is 10.5. The lowest BCUT2D eigenvalue weighted by Gasteiger charge is -2.25. The Labute approximate surface area is 189 Å². The maximum absolute atomic E-state index is 13.9. The van der Waals surface area contributed by atoms with Gasteiger partial charge in [-0.05, 0) is 32.3 Å². The predicted molar refractivity (Wildman–Crippen MR) is 125 cm³/mol. The molecule has 5 rings (SSSR count). The van der Waals surface area contributed by atoms with Crippen molar-refractivity contribution in [3.8, 4) is 23.0 Å². The molecule has 0 spiro atoms. The summed E-state index contributed by atoms with van der Waals surface area (Å²) >= 11 is 0. The predicted octanol–water partition coefficient (Wildman–Crippen LogP) is 2.54. The molecule has 1 N–H and O–H groups in total. The van der Waals surface area contributed by atoms with Crippen molar-refractivity contribution in [2.45, 2.75) is 6.04 Å². The highest BCUT2D eigenvalue weighted by molar-refractivity contribution is 6.15. The molecule has 0 amide bonds. The molecule has 1 aliphatic rings. The van der Waals surface area contributed by atoms with Gasteiger partial charge in [0, 0.05) is 35.0 Å². The van der Waals surface area contributed by atoms with Crippen LogP contribution in [0.4, 0.5) is 0 Å². The van der Waals surface area contributed by atoms with E-state index in [0.29, 0.717) is 51.3 Å². The minimum absolute atomic E-state index is 0.135. The molecular formula is C24H25N3O6. The van der Waals surface area contributed by atoms with Gasteiger partial charge in [-0.25, -0.2) is 0 Å². The van der Waals surface area contributed by atoms with Crippen LogP contribution in [-0.4, -0.2) is 67.8 Å². The molecule has 4 aromatic rings. The molecule has 9 heteroatoms. The van der Waals surface area contributed by atoms with Gasteiger partial charge < -0.3 is 33.5 Å². The number of pyridine rings is 2. The zero-order valence-corrected chi connectivity index (χ0v) is 18.9. The van der Waals surface area contributed by atoms with Crippen molar-refractivity contribution in [1.29, 1.82) is 0 Å². The van der Waals surface area contributed by atoms with Crippen molar-refractivity contribution in [1.82, 2.24) is 14.5 Å². The van der Waals surface area contributed by atoms with Gasteiger partial charge in [-0.2, -0.15) is 0 Å². The lowest BCUT2D eigenvalue weighted by atomic mass is 10.0. The van der Waals surface area contributed by atoms with Crippen LogP contribution >= 0.6 is 0 Å². The van der Waals surface area contributed by atoms with Gasteiger partial charge in [0.1, 0.15) is 0 Å². The smallest absolute Gasteiger partial charge is 0.259 e. The summed E-state index contributed by atoms with van der Waals surface area (Å²) in [6.07, 6.45) is 1.74. The fourth-order valence-corrected chi connectivity index (χ4v) is 4.53. The summed E-state index contributed by atoms with van der Waals surface area (Å²) in [5.41, 5.74) is 1.11. The van der Waals surface area contributed by atoms with E-state index in [1.54, 1.807) is 30.0 Å². The minimum Gasteiger partial charge on any atom is -0.493 e. The van der Waals surface area contributed by atoms with Crippen molar-refractivity contribution in [2.75, 3.05) is 48.3 Å². The lowest BCUT2D eigenvalue weighted by molar-refractivity contribution is 0.174. The van der Waals surface area contributed by atoms with Crippen molar-refractivity contribution in [3.05, 3.63) is 40.8 Å². The Kier molecular flexibility index (Phi) is 5.22. The van der Waals surface area contributed by atoms with Gasteiger partial charge >= 0.3 is 0 Å². The fourth-order valence-electron chi connectivity index (χ4n) is 4.53. The van der Waals surface area contributed by atoms with E-state index >= 15 is 0 Å². The quantitative estimate of drug-likeness (QED) is 0.447. The van der Waals surface area contributed by atoms with E-state index in [1.807, 2.05) is 31.1 Å². The number of methoxy groups -OCH3 is 2. The SMILES string of the molecule is COc1cc2c(=O)n(C(CO)CN(C)C)c3c4cc5c(cc4ncc3c2cc1OC)OCO5. The van der Waals surface area contributed by atoms with Crippen LogP contribution in [0.15, 0.2) is 35.3 Å². The average Bonchev–Trinajstić information content (AvgIpc) is 3.28. The first-order valence-corrected chi connectivity index (χ1v) is 10.5. The van der Waals surface area contributed by atoms with E-state index in [1.165, 1.54) is 7.11 Å². The normalized spacial score (nSPS) is 13.9. The highest BCUT2D eigenvalue weighted by atomic mass is 16.7. The molecule has 2 aromatic carbocycles. The second kappa shape index (κ2) is 8.09. The molecule has 0 aliphatic carbocycles. The van der Waals surface area contributed by atoms with Crippen LogP contribution in [0.3, 0.4) is 0 Å². The summed E-state index contributed by atoms with van der Waals surface area (Å²) in [5.74, 6) is 2.18. The molecule has 0 bridgehead atoms. The van der Waals surface area contributed by atoms with E-state index in [0.717, 1.165) is 10.8 Å². The van der Waals surface area contributed by atoms with E-state index < -0.39 is 6.04 Å². The molecule has 1 aliphatic heterocycles. The Morgan fingerprint density at radius 1 is 1.03 bits per heavy atom. The number of ether oxygens (including phenoxy) is 4. The van der Waals surface area contributed by atoms with Crippen LogP contribution in [0.5, 0.6) is 23.0 Å². The van der Waals surface area contributed by atoms with Gasteiger partial charge in [-0.1, -0.05) is 0 Å². The van der Waals surface area contributed by atoms with Gasteiger partial charge in [0.2, 0.25) is 6.79 Å². The number of benzene rings is 2. The van der Waals surface area contributed by atoms with Gasteiger partial charge in [0.25, 0.3) is 5.56 Å². The highest BCUT2D eigenvalue weighted by Gasteiger charge is 2.24. The third kappa shape index (κ3) is 3.32. The molecule has 0 saturated heterocycles. The summed E-state index contributed by atoms with van der Waals surface area (Å²) in [6.45, 7) is 0.398. The third-order valence-corrected chi connectivity index (χ3v) is 5.99. The molecule has 1 atom stereocenters. The standard InChI is InChI=1S/C24H25N3O6/c1-26(2)10-13(11-28)27-23-16-7-21-22(33-12-32-21)8-18(16)25-9-17(23)14-5-19(30-3)20(31-4)6-15(14)24(27)29/h5-9,13,28H,10-12H2,1-4H3. The minimum atomic E-state index is -0.483. The fraction of sp³-hybridized carbons (Fsp3) is 0.333. The number of aliphatic hydroxyl groups excluding tert-OH is 1. The van der Waals surface area contributed by atoms with Crippen molar-refractivity contribution in [3.63, 3.8) is 0 Å². The number of likely N-dealkylation sites (N-methyl/N-ethyl adjacent to an activating group) is 1. The summed E-state index contributed by atoms with van der Waals surface area (Å²) in [5, 5.41) is 12.9. The number of fused-ring (bicyclic) bond motifs is 6. The molecule has 9 nitrogen and oxygen atoms in total. The molecule has 172 valence electrons. The largest absolute Gasteiger partial charge is 0.493 e. The Hall–Kier alpha value is -3.56. The monoisotopic (exact) mass is 451 g/mol. The molecule has 0 fully saturated rings. The van der Waals surface area contributed by atoms with Crippen LogP contribution in [0.2, 0.25) is 0 Å². The highest BCUT2D eigenvalue weighted by Crippen LogP contribution is 2.40. The third-order valence-electron chi connectivity index (χ3n) is 5.99. The lowest BCUT2D eigenvalue weighted by Crippen LogP contribution is -2.34. The van der Waals surface area contributed by atoms with Crippen LogP contribution in [-0.2, 0) is 0 Å². The van der Waals surface area contributed by atoms with E-state index in [9.17, 15) is 9.90 Å². The number of aromatic nitrogens is 2. The Morgan fingerprint density at radius 2 is 1.70 bits per heavy atom. The number of nitrogens with zero attached hydrogens (tertiary/aromatic N) is 3. The molecule has 2 aromatic heterocycles. The molecule has 3 heterocycles. The maximum Gasteiger partial charge on any atom is 0.259 e. The van der Waals surface area contributed by atoms with E-state index in [2.05, 4.69) is 4.98 Å². The van der Waals surface area contributed by atoms with Crippen molar-refractivity contribution in [2.24, 2.45) is 0 Å². The van der Waals surface area contributed by atoms with Gasteiger partial charge in [0.15, 0.2) is 23.0 Å². The van der Waals surface area contributed by atoms with E-state index in [4.69, 9.17) is 18.9 Å². The van der Waals surface area contributed by atoms with Crippen LogP contribution in [0.25, 0.3) is 32.6 Å². The number of rotatable bonds is 6. The van der Waals surface area contributed by atoms with Crippen LogP contribution < -0.4 is 24.5 Å². The Morgan fingerprint density at radius 3 is 2.33 bits per heavy atom. The van der Waals surface area contributed by atoms with Gasteiger partial charge in [-0.3, -0.25) is 9.78 Å².